The van der Waals surface area contributed by atoms with Gasteiger partial charge in [0.05, 0.1) is 12.9 Å². The molecule has 1 unspecified atom stereocenters. The number of amides is 1. The Balaban J connectivity index is 1.66. The summed E-state index contributed by atoms with van der Waals surface area (Å²) in [5.74, 6) is 2.12. The first-order chi connectivity index (χ1) is 15.0. The zero-order valence-electron chi connectivity index (χ0n) is 17.2. The lowest BCUT2D eigenvalue weighted by molar-refractivity contribution is -0.113. The predicted octanol–water partition coefficient (Wildman–Crippen LogP) is 5.11. The molecule has 2 aromatic carbocycles. The highest BCUT2D eigenvalue weighted by Crippen LogP contribution is 2.27. The van der Waals surface area contributed by atoms with Gasteiger partial charge in [0.1, 0.15) is 11.5 Å². The molecule has 1 N–H and O–H groups in total. The number of thioether (sulfide) groups is 1. The van der Waals surface area contributed by atoms with Crippen LogP contribution in [0.25, 0.3) is 0 Å². The van der Waals surface area contributed by atoms with Gasteiger partial charge >= 0.3 is 0 Å². The third kappa shape index (κ3) is 6.35. The molecule has 0 saturated heterocycles. The Morgan fingerprint density at radius 2 is 2.00 bits per heavy atom. The Labute approximate surface area is 194 Å². The first-order valence-electron chi connectivity index (χ1n) is 9.53. The van der Waals surface area contributed by atoms with Crippen LogP contribution in [0, 0.1) is 0 Å². The van der Waals surface area contributed by atoms with E-state index in [4.69, 9.17) is 9.47 Å². The van der Waals surface area contributed by atoms with Crippen LogP contribution in [-0.4, -0.2) is 33.5 Å². The molecule has 1 heterocycles. The molecule has 0 saturated carbocycles. The van der Waals surface area contributed by atoms with Crippen LogP contribution in [0.15, 0.2) is 70.8 Å². The van der Waals surface area contributed by atoms with Gasteiger partial charge in [0, 0.05) is 22.8 Å². The number of anilines is 1. The molecule has 1 amide bonds. The maximum Gasteiger partial charge on any atom is 0.234 e. The van der Waals surface area contributed by atoms with E-state index in [0.717, 1.165) is 10.2 Å². The fraction of sp³-hybridized carbons (Fsp3) is 0.227. The lowest BCUT2D eigenvalue weighted by Crippen LogP contribution is -2.15. The average molecular weight is 503 g/mol. The predicted molar refractivity (Wildman–Crippen MR) is 126 cm³/mol. The number of carbonyl (C=O) groups is 1. The summed E-state index contributed by atoms with van der Waals surface area (Å²) in [6.07, 6.45) is 1.40. The van der Waals surface area contributed by atoms with Gasteiger partial charge in [-0.3, -0.25) is 9.36 Å². The van der Waals surface area contributed by atoms with Gasteiger partial charge in [-0.2, -0.15) is 0 Å². The highest BCUT2D eigenvalue weighted by molar-refractivity contribution is 9.10. The molecule has 0 fully saturated rings. The van der Waals surface area contributed by atoms with Crippen LogP contribution >= 0.6 is 27.7 Å². The monoisotopic (exact) mass is 502 g/mol. The molecular weight excluding hydrogens is 480 g/mol. The molecule has 1 aromatic heterocycles. The van der Waals surface area contributed by atoms with Gasteiger partial charge in [-0.1, -0.05) is 39.8 Å². The minimum atomic E-state index is -0.356. The van der Waals surface area contributed by atoms with Crippen molar-refractivity contribution in [1.29, 1.82) is 0 Å². The summed E-state index contributed by atoms with van der Waals surface area (Å²) < 4.78 is 14.1. The number of nitrogens with one attached hydrogen (secondary N) is 1. The van der Waals surface area contributed by atoms with Crippen LogP contribution in [0.4, 0.5) is 5.69 Å². The van der Waals surface area contributed by atoms with Crippen LogP contribution < -0.4 is 14.8 Å². The van der Waals surface area contributed by atoms with Crippen molar-refractivity contribution in [2.45, 2.75) is 24.7 Å². The molecule has 3 aromatic rings. The van der Waals surface area contributed by atoms with Crippen molar-refractivity contribution in [3.05, 3.63) is 71.5 Å². The minimum Gasteiger partial charge on any atom is -0.497 e. The van der Waals surface area contributed by atoms with Crippen LogP contribution in [0.5, 0.6) is 11.5 Å². The standard InChI is InChI=1S/C22H23BrN4O3S/c1-4-12-27-21(15(2)30-19-7-5-6-18(13-19)29-3)25-26-22(27)31-14-20(28)24-17-10-8-16(23)9-11-17/h4-11,13,15H,1,12,14H2,2-3H3,(H,24,28). The van der Waals surface area contributed by atoms with Crippen LogP contribution in [-0.2, 0) is 11.3 Å². The maximum atomic E-state index is 12.3. The van der Waals surface area contributed by atoms with Crippen molar-refractivity contribution in [1.82, 2.24) is 14.8 Å². The van der Waals surface area contributed by atoms with Crippen LogP contribution in [0.1, 0.15) is 18.9 Å². The van der Waals surface area contributed by atoms with E-state index in [-0.39, 0.29) is 17.8 Å². The van der Waals surface area contributed by atoms with Crippen molar-refractivity contribution in [2.75, 3.05) is 18.2 Å². The molecule has 0 radical (unpaired) electrons. The zero-order valence-corrected chi connectivity index (χ0v) is 19.6. The number of nitrogens with zero attached hydrogens (tertiary/aromatic N) is 3. The summed E-state index contributed by atoms with van der Waals surface area (Å²) in [7, 11) is 1.61. The number of ether oxygens (including phenoxy) is 2. The van der Waals surface area contributed by atoms with Crippen molar-refractivity contribution in [3.8, 4) is 11.5 Å². The van der Waals surface area contributed by atoms with Gasteiger partial charge in [-0.05, 0) is 43.3 Å². The summed E-state index contributed by atoms with van der Waals surface area (Å²) in [6, 6.07) is 14.8. The first kappa shape index (κ1) is 22.9. The number of methoxy groups -OCH3 is 1. The Morgan fingerprint density at radius 1 is 1.26 bits per heavy atom. The normalized spacial score (nSPS) is 11.6. The molecule has 0 aliphatic carbocycles. The number of benzene rings is 2. The van der Waals surface area contributed by atoms with Gasteiger partial charge in [0.15, 0.2) is 17.1 Å². The fourth-order valence-electron chi connectivity index (χ4n) is 2.80. The molecule has 0 spiro atoms. The average Bonchev–Trinajstić information content (AvgIpc) is 3.17. The molecule has 9 heteroatoms. The molecule has 1 atom stereocenters. The second-order valence-corrected chi connectivity index (χ2v) is 8.38. The third-order valence-corrected chi connectivity index (χ3v) is 5.73. The van der Waals surface area contributed by atoms with E-state index in [1.807, 2.05) is 60.0 Å². The van der Waals surface area contributed by atoms with E-state index < -0.39 is 0 Å². The van der Waals surface area contributed by atoms with E-state index in [1.165, 1.54) is 11.8 Å². The summed E-state index contributed by atoms with van der Waals surface area (Å²) in [5.41, 5.74) is 0.738. The molecule has 7 nitrogen and oxygen atoms in total. The number of carbonyl (C=O) groups excluding carboxylic acids is 1. The van der Waals surface area contributed by atoms with E-state index in [2.05, 4.69) is 38.0 Å². The Kier molecular flexibility index (Phi) is 8.13. The topological polar surface area (TPSA) is 78.3 Å². The van der Waals surface area contributed by atoms with Gasteiger partial charge in [-0.25, -0.2) is 0 Å². The van der Waals surface area contributed by atoms with Crippen LogP contribution in [0.2, 0.25) is 0 Å². The minimum absolute atomic E-state index is 0.122. The summed E-state index contributed by atoms with van der Waals surface area (Å²) in [6.45, 7) is 6.22. The number of halogens is 1. The van der Waals surface area contributed by atoms with Gasteiger partial charge in [0.25, 0.3) is 0 Å². The van der Waals surface area contributed by atoms with E-state index in [0.29, 0.717) is 29.0 Å². The maximum absolute atomic E-state index is 12.3. The largest absolute Gasteiger partial charge is 0.497 e. The second-order valence-electron chi connectivity index (χ2n) is 6.52. The summed E-state index contributed by atoms with van der Waals surface area (Å²) in [4.78, 5) is 12.3. The zero-order chi connectivity index (χ0) is 22.2. The van der Waals surface area contributed by atoms with Gasteiger partial charge in [-0.15, -0.1) is 16.8 Å². The van der Waals surface area contributed by atoms with Gasteiger partial charge in [0.2, 0.25) is 5.91 Å². The number of hydrogen-bond donors (Lipinski definition) is 1. The lowest BCUT2D eigenvalue weighted by Gasteiger charge is -2.16. The van der Waals surface area contributed by atoms with Crippen molar-refractivity contribution in [3.63, 3.8) is 0 Å². The number of hydrogen-bond acceptors (Lipinski definition) is 6. The van der Waals surface area contributed by atoms with Crippen molar-refractivity contribution in [2.24, 2.45) is 0 Å². The van der Waals surface area contributed by atoms with Crippen molar-refractivity contribution < 1.29 is 14.3 Å². The van der Waals surface area contributed by atoms with Crippen molar-refractivity contribution >= 4 is 39.3 Å². The molecule has 31 heavy (non-hydrogen) atoms. The number of allylic oxidation sites excluding steroid dienone is 1. The van der Waals surface area contributed by atoms with E-state index in [9.17, 15) is 4.79 Å². The molecule has 0 aliphatic heterocycles. The van der Waals surface area contributed by atoms with Crippen LogP contribution in [0.3, 0.4) is 0 Å². The Morgan fingerprint density at radius 3 is 2.71 bits per heavy atom. The Hall–Kier alpha value is -2.78. The molecule has 162 valence electrons. The summed E-state index contributed by atoms with van der Waals surface area (Å²) in [5, 5.41) is 12.1. The quantitative estimate of drug-likeness (QED) is 0.306. The molecule has 3 rings (SSSR count). The lowest BCUT2D eigenvalue weighted by atomic mass is 10.3. The molecule has 0 bridgehead atoms. The smallest absolute Gasteiger partial charge is 0.234 e. The number of aromatic nitrogens is 3. The summed E-state index contributed by atoms with van der Waals surface area (Å²) >= 11 is 4.69. The molecule has 0 aliphatic rings. The Bertz CT molecular complexity index is 1040. The molecular formula is C22H23BrN4O3S. The van der Waals surface area contributed by atoms with Gasteiger partial charge < -0.3 is 14.8 Å². The number of rotatable bonds is 10. The fourth-order valence-corrected chi connectivity index (χ4v) is 3.82. The van der Waals surface area contributed by atoms with E-state index >= 15 is 0 Å². The highest BCUT2D eigenvalue weighted by atomic mass is 79.9. The van der Waals surface area contributed by atoms with E-state index in [1.54, 1.807) is 13.2 Å². The SMILES string of the molecule is C=CCn1c(SCC(=O)Nc2ccc(Br)cc2)nnc1C(C)Oc1cccc(OC)c1. The third-order valence-electron chi connectivity index (χ3n) is 4.24. The first-order valence-corrected chi connectivity index (χ1v) is 11.3. The second kappa shape index (κ2) is 11.0. The highest BCUT2D eigenvalue weighted by Gasteiger charge is 2.20.